The molecule has 3 N–H and O–H groups in total. The topological polar surface area (TPSA) is 179 Å². The number of carboxylic acid groups (broad SMARTS) is 1. The van der Waals surface area contributed by atoms with Crippen LogP contribution in [0.3, 0.4) is 0 Å². The van der Waals surface area contributed by atoms with E-state index in [2.05, 4.69) is 5.32 Å². The number of ether oxygens (including phenoxy) is 6. The molecule has 1 amide bonds. The van der Waals surface area contributed by atoms with Gasteiger partial charge in [-0.05, 0) is 55.0 Å². The summed E-state index contributed by atoms with van der Waals surface area (Å²) in [7, 11) is -4.09. The molecule has 3 heterocycles. The number of hydrogen-bond donors (Lipinski definition) is 3. The van der Waals surface area contributed by atoms with Crippen molar-refractivity contribution in [1.82, 2.24) is 9.62 Å². The number of rotatable bonds is 16. The standard InChI is InChI=1S/C32H42N2O12S/c1-20(2)16-34(47(39,40)23-9-10-27-28(15-23)45-19-44-27)17-26(35)25(33-32(38)46-29-18-43-31-24(29)11-13-42-31)14-21-5-7-22(8-6-21)41-12-3-4-30(36)37/h5-10,15,20,24-26,29,31,35H,3-4,11-14,16-19H2,1-2H3,(H,33,38)(H,36,37)/t24-,25-,26+,29-,31+/m0/s1. The van der Waals surface area contributed by atoms with E-state index in [1.807, 2.05) is 13.8 Å². The van der Waals surface area contributed by atoms with Gasteiger partial charge in [-0.25, -0.2) is 13.2 Å². The summed E-state index contributed by atoms with van der Waals surface area (Å²) in [6.07, 6.45) is -1.82. The van der Waals surface area contributed by atoms with Crippen molar-refractivity contribution in [1.29, 1.82) is 0 Å². The SMILES string of the molecule is CC(C)CN(C[C@@H](O)[C@H](Cc1ccc(OCCCC(=O)O)cc1)NC(=O)O[C@H]1CO[C@H]2OCC[C@H]21)S(=O)(=O)c1ccc2c(c1)OCO2. The smallest absolute Gasteiger partial charge is 0.407 e. The summed E-state index contributed by atoms with van der Waals surface area (Å²) in [5.74, 6) is 0.249. The number of carbonyl (C=O) groups excluding carboxylic acids is 1. The summed E-state index contributed by atoms with van der Waals surface area (Å²) < 4.78 is 62.1. The molecule has 3 aliphatic rings. The van der Waals surface area contributed by atoms with Gasteiger partial charge in [-0.15, -0.1) is 0 Å². The zero-order valence-electron chi connectivity index (χ0n) is 26.4. The second-order valence-electron chi connectivity index (χ2n) is 12.2. The third-order valence-electron chi connectivity index (χ3n) is 8.14. The summed E-state index contributed by atoms with van der Waals surface area (Å²) >= 11 is 0. The van der Waals surface area contributed by atoms with E-state index in [-0.39, 0.29) is 62.7 Å². The van der Waals surface area contributed by atoms with Crippen molar-refractivity contribution in [3.63, 3.8) is 0 Å². The van der Waals surface area contributed by atoms with Gasteiger partial charge in [-0.1, -0.05) is 26.0 Å². The zero-order valence-corrected chi connectivity index (χ0v) is 27.2. The molecule has 0 radical (unpaired) electrons. The van der Waals surface area contributed by atoms with E-state index in [0.717, 1.165) is 5.56 Å². The van der Waals surface area contributed by atoms with Crippen LogP contribution >= 0.6 is 0 Å². The van der Waals surface area contributed by atoms with Gasteiger partial charge in [0, 0.05) is 25.6 Å². The Morgan fingerprint density at radius 2 is 1.83 bits per heavy atom. The maximum Gasteiger partial charge on any atom is 0.407 e. The summed E-state index contributed by atoms with van der Waals surface area (Å²) in [6.45, 7) is 4.49. The molecule has 2 saturated heterocycles. The van der Waals surface area contributed by atoms with Crippen LogP contribution in [0, 0.1) is 11.8 Å². The molecule has 2 fully saturated rings. The number of aliphatic hydroxyl groups excluding tert-OH is 1. The first kappa shape index (κ1) is 34.7. The lowest BCUT2D eigenvalue weighted by atomic mass is 10.0. The number of hydrogen-bond acceptors (Lipinski definition) is 11. The van der Waals surface area contributed by atoms with Gasteiger partial charge in [-0.3, -0.25) is 4.79 Å². The molecular weight excluding hydrogens is 636 g/mol. The highest BCUT2D eigenvalue weighted by atomic mass is 32.2. The quantitative estimate of drug-likeness (QED) is 0.222. The molecule has 258 valence electrons. The molecule has 3 aliphatic heterocycles. The monoisotopic (exact) mass is 678 g/mol. The predicted octanol–water partition coefficient (Wildman–Crippen LogP) is 2.77. The number of fused-ring (bicyclic) bond motifs is 2. The number of alkyl carbamates (subject to hydrolysis) is 1. The second-order valence-corrected chi connectivity index (χ2v) is 14.1. The zero-order chi connectivity index (χ0) is 33.6. The van der Waals surface area contributed by atoms with Crippen LogP contribution in [-0.2, 0) is 35.4 Å². The predicted molar refractivity (Wildman–Crippen MR) is 166 cm³/mol. The maximum atomic E-state index is 13.9. The van der Waals surface area contributed by atoms with Gasteiger partial charge in [0.1, 0.15) is 11.9 Å². The van der Waals surface area contributed by atoms with Gasteiger partial charge in [0.2, 0.25) is 16.8 Å². The third kappa shape index (κ3) is 9.05. The highest BCUT2D eigenvalue weighted by Crippen LogP contribution is 2.35. The van der Waals surface area contributed by atoms with Crippen LogP contribution in [0.4, 0.5) is 4.79 Å². The van der Waals surface area contributed by atoms with Gasteiger partial charge >= 0.3 is 12.1 Å². The van der Waals surface area contributed by atoms with Crippen LogP contribution in [0.5, 0.6) is 17.2 Å². The first-order valence-electron chi connectivity index (χ1n) is 15.7. The number of aliphatic hydroxyl groups is 1. The minimum absolute atomic E-state index is 0.000950. The van der Waals surface area contributed by atoms with E-state index in [1.165, 1.54) is 22.5 Å². The fraction of sp³-hybridized carbons (Fsp3) is 0.562. The molecule has 5 atom stereocenters. The molecule has 14 nitrogen and oxygen atoms in total. The molecule has 2 aromatic carbocycles. The average molecular weight is 679 g/mol. The largest absolute Gasteiger partial charge is 0.494 e. The first-order chi connectivity index (χ1) is 22.5. The molecule has 0 aromatic heterocycles. The summed E-state index contributed by atoms with van der Waals surface area (Å²) in [5.41, 5.74) is 0.731. The van der Waals surface area contributed by atoms with Crippen molar-refractivity contribution in [3.05, 3.63) is 48.0 Å². The van der Waals surface area contributed by atoms with Crippen molar-refractivity contribution < 1.29 is 56.6 Å². The highest BCUT2D eigenvalue weighted by molar-refractivity contribution is 7.89. The second kappa shape index (κ2) is 15.5. The fourth-order valence-corrected chi connectivity index (χ4v) is 7.38. The Morgan fingerprint density at radius 3 is 2.57 bits per heavy atom. The number of amides is 1. The van der Waals surface area contributed by atoms with Gasteiger partial charge in [0.25, 0.3) is 0 Å². The molecule has 0 saturated carbocycles. The van der Waals surface area contributed by atoms with E-state index in [9.17, 15) is 23.1 Å². The summed E-state index contributed by atoms with van der Waals surface area (Å²) in [4.78, 5) is 23.9. The van der Waals surface area contributed by atoms with Crippen LogP contribution < -0.4 is 19.5 Å². The number of nitrogens with zero attached hydrogens (tertiary/aromatic N) is 1. The van der Waals surface area contributed by atoms with E-state index >= 15 is 0 Å². The lowest BCUT2D eigenvalue weighted by Crippen LogP contribution is -2.51. The number of carbonyl (C=O) groups is 2. The fourth-order valence-electron chi connectivity index (χ4n) is 5.74. The van der Waals surface area contributed by atoms with Gasteiger partial charge in [0.05, 0.1) is 42.8 Å². The lowest BCUT2D eigenvalue weighted by Gasteiger charge is -2.31. The number of nitrogens with one attached hydrogen (secondary N) is 1. The van der Waals surface area contributed by atoms with Crippen LogP contribution in [-0.4, -0.2) is 99.2 Å². The lowest BCUT2D eigenvalue weighted by molar-refractivity contribution is -0.137. The van der Waals surface area contributed by atoms with Gasteiger partial charge < -0.3 is 44.0 Å². The third-order valence-corrected chi connectivity index (χ3v) is 9.96. The Kier molecular flexibility index (Phi) is 11.5. The van der Waals surface area contributed by atoms with Crippen molar-refractivity contribution in [2.75, 3.05) is 39.7 Å². The molecule has 2 aromatic rings. The van der Waals surface area contributed by atoms with E-state index < -0.39 is 46.6 Å². The molecule has 0 aliphatic carbocycles. The molecule has 0 bridgehead atoms. The van der Waals surface area contributed by atoms with Crippen molar-refractivity contribution in [2.24, 2.45) is 11.8 Å². The Bertz CT molecular complexity index is 1490. The first-order valence-corrected chi connectivity index (χ1v) is 17.2. The molecule has 0 unspecified atom stereocenters. The number of benzene rings is 2. The van der Waals surface area contributed by atoms with Crippen LogP contribution in [0.1, 0.15) is 38.7 Å². The van der Waals surface area contributed by atoms with Gasteiger partial charge in [0.15, 0.2) is 17.8 Å². The van der Waals surface area contributed by atoms with Gasteiger partial charge in [-0.2, -0.15) is 4.31 Å². The minimum atomic E-state index is -4.09. The minimum Gasteiger partial charge on any atom is -0.494 e. The Balaban J connectivity index is 1.31. The molecule has 47 heavy (non-hydrogen) atoms. The Hall–Kier alpha value is -3.63. The van der Waals surface area contributed by atoms with Crippen molar-refractivity contribution >= 4 is 22.1 Å². The van der Waals surface area contributed by atoms with Crippen molar-refractivity contribution in [3.8, 4) is 17.2 Å². The van der Waals surface area contributed by atoms with Crippen LogP contribution in [0.15, 0.2) is 47.4 Å². The number of sulfonamides is 1. The van der Waals surface area contributed by atoms with E-state index in [4.69, 9.17) is 33.5 Å². The molecular formula is C32H42N2O12S. The maximum absolute atomic E-state index is 13.9. The highest BCUT2D eigenvalue weighted by Gasteiger charge is 2.44. The molecule has 5 rings (SSSR count). The van der Waals surface area contributed by atoms with Crippen molar-refractivity contribution in [2.45, 2.75) is 69.0 Å². The molecule has 15 heteroatoms. The summed E-state index contributed by atoms with van der Waals surface area (Å²) in [5, 5.41) is 23.2. The average Bonchev–Trinajstić information content (AvgIpc) is 3.78. The molecule has 0 spiro atoms. The van der Waals surface area contributed by atoms with Crippen LogP contribution in [0.25, 0.3) is 0 Å². The summed E-state index contributed by atoms with van der Waals surface area (Å²) in [6, 6.07) is 10.4. The van der Waals surface area contributed by atoms with E-state index in [0.29, 0.717) is 36.7 Å². The Morgan fingerprint density at radius 1 is 1.06 bits per heavy atom. The van der Waals surface area contributed by atoms with E-state index in [1.54, 1.807) is 24.3 Å². The number of aliphatic carboxylic acids is 1. The normalized spacial score (nSPS) is 21.4. The Labute approximate surface area is 273 Å². The number of carboxylic acids is 1. The van der Waals surface area contributed by atoms with Crippen LogP contribution in [0.2, 0.25) is 0 Å².